The molecule has 2 aromatic rings. The van der Waals surface area contributed by atoms with E-state index in [0.29, 0.717) is 12.8 Å². The fourth-order valence-electron chi connectivity index (χ4n) is 6.88. The maximum Gasteiger partial charge on any atom is 0.124 e. The van der Waals surface area contributed by atoms with Crippen LogP contribution in [0.1, 0.15) is 85.6 Å². The van der Waals surface area contributed by atoms with Gasteiger partial charge in [-0.3, -0.25) is 0 Å². The van der Waals surface area contributed by atoms with E-state index in [1.54, 1.807) is 6.92 Å². The lowest BCUT2D eigenvalue weighted by molar-refractivity contribution is 0.00838. The average Bonchev–Trinajstić information content (AvgIpc) is 3.59. The van der Waals surface area contributed by atoms with Crippen molar-refractivity contribution in [1.29, 1.82) is 0 Å². The molecule has 16 heteroatoms. The van der Waals surface area contributed by atoms with Crippen molar-refractivity contribution in [3.63, 3.8) is 0 Å². The number of hydrogen-bond acceptors (Lipinski definition) is 15. The molecular weight excluding hydrogens is 728 g/mol. The third-order valence-corrected chi connectivity index (χ3v) is 10.0. The molecule has 0 amide bonds. The van der Waals surface area contributed by atoms with E-state index in [-0.39, 0.29) is 60.9 Å². The summed E-state index contributed by atoms with van der Waals surface area (Å²) in [5, 5.41) is 86.8. The number of aliphatic hydroxyl groups excluding tert-OH is 6. The SMILES string of the molecule is CO/N=C(/[C@@H](OC)C(C)C)[C@@H](O)[C@H](O)CCC(C)[C@H](OCC(CCCO/N=C(/[C@@H](OC)C(C)C)[C@@H](O)[C@@H](C)O)c1c[nH]c2ccccc12)/C(=N/O)[C@@H](O)[C@@H](C)O. The molecule has 0 aliphatic heterocycles. The van der Waals surface area contributed by atoms with Gasteiger partial charge in [-0.15, -0.1) is 0 Å². The third-order valence-electron chi connectivity index (χ3n) is 10.0. The zero-order valence-electron chi connectivity index (χ0n) is 34.6. The molecule has 1 aromatic heterocycles. The van der Waals surface area contributed by atoms with Gasteiger partial charge in [0.05, 0.1) is 24.9 Å². The molecule has 2 rings (SSSR count). The van der Waals surface area contributed by atoms with Crippen LogP contribution in [0.4, 0.5) is 0 Å². The molecule has 1 heterocycles. The van der Waals surface area contributed by atoms with Crippen LogP contribution < -0.4 is 0 Å². The molecule has 8 N–H and O–H groups in total. The Bertz CT molecular complexity index is 1500. The second-order valence-electron chi connectivity index (χ2n) is 15.2. The van der Waals surface area contributed by atoms with Crippen LogP contribution in [-0.2, 0) is 23.9 Å². The molecule has 0 radical (unpaired) electrons. The number of hydrogen-bond donors (Lipinski definition) is 8. The van der Waals surface area contributed by atoms with Crippen molar-refractivity contribution in [2.24, 2.45) is 33.2 Å². The molecular formula is C40H68N4O12. The Balaban J connectivity index is 2.37. The minimum absolute atomic E-state index is 0.0441. The highest BCUT2D eigenvalue weighted by Gasteiger charge is 2.36. The normalized spacial score (nSPS) is 19.3. The Kier molecular flexibility index (Phi) is 21.5. The van der Waals surface area contributed by atoms with Gasteiger partial charge < -0.3 is 64.7 Å². The van der Waals surface area contributed by atoms with Gasteiger partial charge in [-0.05, 0) is 68.9 Å². The largest absolute Gasteiger partial charge is 0.411 e. The van der Waals surface area contributed by atoms with Gasteiger partial charge in [0, 0.05) is 37.2 Å². The number of aromatic nitrogens is 1. The van der Waals surface area contributed by atoms with Crippen molar-refractivity contribution >= 4 is 28.0 Å². The molecule has 56 heavy (non-hydrogen) atoms. The van der Waals surface area contributed by atoms with Crippen molar-refractivity contribution in [1.82, 2.24) is 4.98 Å². The number of nitrogens with one attached hydrogen (secondary N) is 1. The summed E-state index contributed by atoms with van der Waals surface area (Å²) in [6.45, 7) is 12.5. The number of benzene rings is 1. The Morgan fingerprint density at radius 1 is 0.696 bits per heavy atom. The first-order valence-corrected chi connectivity index (χ1v) is 19.4. The van der Waals surface area contributed by atoms with E-state index in [4.69, 9.17) is 23.9 Å². The number of aliphatic hydroxyl groups is 6. The standard InChI is InChI=1S/C40H68N4O12/c1-22(2)38(52-8)33(36(49)26(7)46)44-56-19-13-14-27(29-20-41-30-16-12-11-15-28(29)30)21-55-40(32(42-51)35(48)25(6)45)24(5)17-18-31(47)37(50)34(43-54-10)39(53-9)23(3)4/h11-12,15-16,20,22-27,31,35-41,45-51H,13-14,17-19,21H2,1-10H3/b42-32+,43-34+,44-33+/t24?,25-,26-,27?,31-,35+,36+,37+,38+,39+,40+/m1/s1. The highest BCUT2D eigenvalue weighted by molar-refractivity contribution is 5.94. The fraction of sp³-hybridized carbons (Fsp3) is 0.725. The highest BCUT2D eigenvalue weighted by Crippen LogP contribution is 2.31. The van der Waals surface area contributed by atoms with E-state index >= 15 is 0 Å². The van der Waals surface area contributed by atoms with Crippen LogP contribution in [-0.4, -0.2) is 147 Å². The summed E-state index contributed by atoms with van der Waals surface area (Å²) < 4.78 is 17.6. The van der Waals surface area contributed by atoms with E-state index in [9.17, 15) is 35.8 Å². The quantitative estimate of drug-likeness (QED) is 0.0280. The Labute approximate surface area is 331 Å². The van der Waals surface area contributed by atoms with Crippen LogP contribution in [0.25, 0.3) is 10.9 Å². The number of para-hydroxylation sites is 1. The van der Waals surface area contributed by atoms with Gasteiger partial charge in [-0.2, -0.15) is 0 Å². The molecule has 0 fully saturated rings. The maximum atomic E-state index is 11.1. The van der Waals surface area contributed by atoms with E-state index < -0.39 is 60.9 Å². The van der Waals surface area contributed by atoms with Crippen LogP contribution in [0.2, 0.25) is 0 Å². The number of fused-ring (bicyclic) bond motifs is 1. The molecule has 11 atom stereocenters. The molecule has 2 unspecified atom stereocenters. The molecule has 0 bridgehead atoms. The van der Waals surface area contributed by atoms with E-state index in [1.165, 1.54) is 35.2 Å². The Morgan fingerprint density at radius 2 is 1.27 bits per heavy atom. The summed E-state index contributed by atoms with van der Waals surface area (Å²) in [4.78, 5) is 13.9. The number of ether oxygens (including phenoxy) is 3. The minimum atomic E-state index is -1.55. The zero-order chi connectivity index (χ0) is 42.1. The highest BCUT2D eigenvalue weighted by atomic mass is 16.6. The molecule has 0 aliphatic carbocycles. The first-order valence-electron chi connectivity index (χ1n) is 19.4. The van der Waals surface area contributed by atoms with Crippen molar-refractivity contribution in [2.75, 3.05) is 34.5 Å². The van der Waals surface area contributed by atoms with Crippen molar-refractivity contribution in [3.8, 4) is 0 Å². The lowest BCUT2D eigenvalue weighted by Gasteiger charge is -2.31. The molecule has 320 valence electrons. The topological polar surface area (TPSA) is 241 Å². The summed E-state index contributed by atoms with van der Waals surface area (Å²) in [6.07, 6.45) is -6.81. The van der Waals surface area contributed by atoms with Crippen molar-refractivity contribution < 1.29 is 59.7 Å². The lowest BCUT2D eigenvalue weighted by Crippen LogP contribution is -2.45. The number of H-pyrrole nitrogens is 1. The smallest absolute Gasteiger partial charge is 0.124 e. The van der Waals surface area contributed by atoms with Crippen molar-refractivity contribution in [3.05, 3.63) is 36.0 Å². The second kappa shape index (κ2) is 24.6. The Morgan fingerprint density at radius 3 is 1.80 bits per heavy atom. The maximum absolute atomic E-state index is 11.1. The zero-order valence-corrected chi connectivity index (χ0v) is 34.6. The van der Waals surface area contributed by atoms with Crippen LogP contribution >= 0.6 is 0 Å². The predicted molar refractivity (Wildman–Crippen MR) is 214 cm³/mol. The number of oxime groups is 3. The lowest BCUT2D eigenvalue weighted by atomic mass is 9.88. The monoisotopic (exact) mass is 796 g/mol. The molecule has 16 nitrogen and oxygen atoms in total. The number of rotatable bonds is 27. The molecule has 0 saturated carbocycles. The van der Waals surface area contributed by atoms with Crippen LogP contribution in [0.5, 0.6) is 0 Å². The van der Waals surface area contributed by atoms with Gasteiger partial charge in [0.15, 0.2) is 0 Å². The third kappa shape index (κ3) is 13.7. The molecule has 0 saturated heterocycles. The first-order chi connectivity index (χ1) is 26.5. The molecule has 0 aliphatic rings. The second-order valence-corrected chi connectivity index (χ2v) is 15.2. The van der Waals surface area contributed by atoms with E-state index in [1.807, 2.05) is 58.2 Å². The van der Waals surface area contributed by atoms with Gasteiger partial charge in [-0.25, -0.2) is 0 Å². The summed E-state index contributed by atoms with van der Waals surface area (Å²) in [7, 11) is 4.33. The Hall–Kier alpha value is -3.19. The van der Waals surface area contributed by atoms with E-state index in [0.717, 1.165) is 16.5 Å². The molecule has 1 aromatic carbocycles. The number of aromatic amines is 1. The number of methoxy groups -OCH3 is 2. The van der Waals surface area contributed by atoms with E-state index in [2.05, 4.69) is 20.5 Å². The molecule has 0 spiro atoms. The first kappa shape index (κ1) is 49.0. The van der Waals surface area contributed by atoms with Crippen LogP contribution in [0, 0.1) is 17.8 Å². The summed E-state index contributed by atoms with van der Waals surface area (Å²) in [5.41, 5.74) is 2.04. The van der Waals surface area contributed by atoms with Gasteiger partial charge in [0.25, 0.3) is 0 Å². The average molecular weight is 797 g/mol. The fourth-order valence-corrected chi connectivity index (χ4v) is 6.88. The van der Waals surface area contributed by atoms with Crippen LogP contribution in [0.15, 0.2) is 45.9 Å². The number of nitrogens with zero attached hydrogens (tertiary/aromatic N) is 3. The minimum Gasteiger partial charge on any atom is -0.411 e. The van der Waals surface area contributed by atoms with Crippen molar-refractivity contribution in [2.45, 2.75) is 135 Å². The van der Waals surface area contributed by atoms with Gasteiger partial charge >= 0.3 is 0 Å². The summed E-state index contributed by atoms with van der Waals surface area (Å²) in [6, 6.07) is 7.82. The van der Waals surface area contributed by atoms with Gasteiger partial charge in [0.2, 0.25) is 0 Å². The predicted octanol–water partition coefficient (Wildman–Crippen LogP) is 3.59. The summed E-state index contributed by atoms with van der Waals surface area (Å²) >= 11 is 0. The summed E-state index contributed by atoms with van der Waals surface area (Å²) in [5.74, 6) is -0.853. The van der Waals surface area contributed by atoms with Crippen LogP contribution in [0.3, 0.4) is 0 Å². The van der Waals surface area contributed by atoms with Gasteiger partial charge in [-0.1, -0.05) is 68.3 Å². The van der Waals surface area contributed by atoms with Gasteiger partial charge in [0.1, 0.15) is 67.5 Å².